The van der Waals surface area contributed by atoms with Crippen LogP contribution in [0, 0.1) is 36.0 Å². The van der Waals surface area contributed by atoms with Crippen LogP contribution in [-0.2, 0) is 12.8 Å². The van der Waals surface area contributed by atoms with E-state index in [4.69, 9.17) is 6.42 Å². The number of anilines is 1. The Balaban J connectivity index is 1.15. The molecular formula is C42H49N. The molecule has 0 radical (unpaired) electrons. The third-order valence-corrected chi connectivity index (χ3v) is 10.6. The second-order valence-electron chi connectivity index (χ2n) is 13.8. The highest BCUT2D eigenvalue weighted by Gasteiger charge is 2.32. The van der Waals surface area contributed by atoms with Gasteiger partial charge in [0, 0.05) is 11.6 Å². The normalized spacial score (nSPS) is 23.2. The van der Waals surface area contributed by atoms with Crippen molar-refractivity contribution in [2.24, 2.45) is 23.7 Å². The molecular weight excluding hydrogens is 518 g/mol. The average Bonchev–Trinajstić information content (AvgIpc) is 3.46. The van der Waals surface area contributed by atoms with Crippen molar-refractivity contribution >= 4 is 11.3 Å². The second-order valence-corrected chi connectivity index (χ2v) is 13.8. The van der Waals surface area contributed by atoms with Gasteiger partial charge in [-0.3, -0.25) is 0 Å². The molecule has 2 saturated carbocycles. The van der Waals surface area contributed by atoms with Crippen molar-refractivity contribution < 1.29 is 0 Å². The van der Waals surface area contributed by atoms with Crippen LogP contribution < -0.4 is 5.32 Å². The number of hydrogen-bond donors (Lipinski definition) is 1. The molecule has 43 heavy (non-hydrogen) atoms. The largest absolute Gasteiger partial charge is 0.381 e. The summed E-state index contributed by atoms with van der Waals surface area (Å²) in [6.45, 7) is 4.76. The summed E-state index contributed by atoms with van der Waals surface area (Å²) in [6, 6.07) is 27.9. The minimum Gasteiger partial charge on any atom is -0.381 e. The number of aryl methyl sites for hydroxylation is 1. The Hall–Kier alpha value is -3.50. The van der Waals surface area contributed by atoms with Gasteiger partial charge in [-0.1, -0.05) is 118 Å². The van der Waals surface area contributed by atoms with Gasteiger partial charge in [0.05, 0.1) is 5.69 Å². The molecule has 222 valence electrons. The molecule has 3 atom stereocenters. The summed E-state index contributed by atoms with van der Waals surface area (Å²) >= 11 is 0. The summed E-state index contributed by atoms with van der Waals surface area (Å²) in [5, 5.41) is 3.91. The van der Waals surface area contributed by atoms with Gasteiger partial charge in [0.1, 0.15) is 0 Å². The third kappa shape index (κ3) is 7.36. The van der Waals surface area contributed by atoms with Crippen LogP contribution in [-0.4, -0.2) is 6.04 Å². The van der Waals surface area contributed by atoms with Crippen LogP contribution >= 0.6 is 0 Å². The highest BCUT2D eigenvalue weighted by Crippen LogP contribution is 2.43. The molecule has 3 unspecified atom stereocenters. The Bertz CT molecular complexity index is 1440. The van der Waals surface area contributed by atoms with Crippen LogP contribution in [0.1, 0.15) is 98.9 Å². The number of rotatable bonds is 11. The van der Waals surface area contributed by atoms with Crippen LogP contribution in [0.15, 0.2) is 91.0 Å². The Kier molecular flexibility index (Phi) is 9.53. The van der Waals surface area contributed by atoms with Crippen molar-refractivity contribution in [3.63, 3.8) is 0 Å². The zero-order valence-corrected chi connectivity index (χ0v) is 26.3. The van der Waals surface area contributed by atoms with E-state index in [9.17, 15) is 0 Å². The Morgan fingerprint density at radius 1 is 0.884 bits per heavy atom. The zero-order chi connectivity index (χ0) is 29.6. The van der Waals surface area contributed by atoms with Crippen molar-refractivity contribution in [1.82, 2.24) is 0 Å². The van der Waals surface area contributed by atoms with Gasteiger partial charge in [0.25, 0.3) is 0 Å². The van der Waals surface area contributed by atoms with E-state index in [0.717, 1.165) is 17.9 Å². The second kappa shape index (κ2) is 13.9. The lowest BCUT2D eigenvalue weighted by molar-refractivity contribution is 0.235. The van der Waals surface area contributed by atoms with E-state index >= 15 is 0 Å². The molecule has 1 nitrogen and oxygen atoms in total. The molecule has 3 aromatic rings. The zero-order valence-electron chi connectivity index (χ0n) is 26.3. The molecule has 0 spiro atoms. The number of allylic oxidation sites excluding steroid dienone is 4. The molecule has 0 heterocycles. The van der Waals surface area contributed by atoms with Crippen molar-refractivity contribution in [2.45, 2.75) is 90.0 Å². The Labute approximate surface area is 260 Å². The van der Waals surface area contributed by atoms with E-state index < -0.39 is 0 Å². The van der Waals surface area contributed by atoms with E-state index in [1.807, 2.05) is 0 Å². The van der Waals surface area contributed by atoms with Crippen molar-refractivity contribution in [1.29, 1.82) is 0 Å². The molecule has 1 heteroatoms. The van der Waals surface area contributed by atoms with Crippen LogP contribution in [0.2, 0.25) is 0 Å². The predicted molar refractivity (Wildman–Crippen MR) is 184 cm³/mol. The molecule has 1 N–H and O–H groups in total. The van der Waals surface area contributed by atoms with Gasteiger partial charge >= 0.3 is 0 Å². The molecule has 3 aliphatic rings. The highest BCUT2D eigenvalue weighted by atomic mass is 14.9. The maximum absolute atomic E-state index is 5.93. The van der Waals surface area contributed by atoms with Gasteiger partial charge in [0.2, 0.25) is 0 Å². The fourth-order valence-electron chi connectivity index (χ4n) is 7.86. The minimum atomic E-state index is 0.494. The SMILES string of the molecule is C#Cc1ccc(CC2CCC2)cc1NC1CCC(C(c2ccc(C3=CC(C)C=C3)cc2)C(C)CCc2ccccc2)CC1. The predicted octanol–water partition coefficient (Wildman–Crippen LogP) is 10.6. The number of benzene rings is 3. The molecule has 0 aromatic heterocycles. The van der Waals surface area contributed by atoms with Gasteiger partial charge in [-0.05, 0) is 114 Å². The summed E-state index contributed by atoms with van der Waals surface area (Å²) in [5.41, 5.74) is 9.31. The Morgan fingerprint density at radius 3 is 2.30 bits per heavy atom. The molecule has 0 aliphatic heterocycles. The first-order valence-corrected chi connectivity index (χ1v) is 17.0. The summed E-state index contributed by atoms with van der Waals surface area (Å²) in [4.78, 5) is 0. The lowest BCUT2D eigenvalue weighted by atomic mass is 9.69. The van der Waals surface area contributed by atoms with Gasteiger partial charge in [-0.25, -0.2) is 0 Å². The van der Waals surface area contributed by atoms with E-state index in [-0.39, 0.29) is 0 Å². The monoisotopic (exact) mass is 567 g/mol. The molecule has 6 rings (SSSR count). The molecule has 0 bridgehead atoms. The molecule has 0 saturated heterocycles. The van der Waals surface area contributed by atoms with Gasteiger partial charge in [0.15, 0.2) is 0 Å². The van der Waals surface area contributed by atoms with Gasteiger partial charge < -0.3 is 5.32 Å². The van der Waals surface area contributed by atoms with Crippen LogP contribution in [0.3, 0.4) is 0 Å². The fraction of sp³-hybridized carbons (Fsp3) is 0.429. The smallest absolute Gasteiger partial charge is 0.0504 e. The van der Waals surface area contributed by atoms with Crippen molar-refractivity contribution in [3.05, 3.63) is 119 Å². The summed E-state index contributed by atoms with van der Waals surface area (Å²) in [7, 11) is 0. The number of nitrogens with one attached hydrogen (secondary N) is 1. The highest BCUT2D eigenvalue weighted by molar-refractivity contribution is 5.76. The third-order valence-electron chi connectivity index (χ3n) is 10.6. The first kappa shape index (κ1) is 29.6. The first-order chi connectivity index (χ1) is 21.1. The van der Waals surface area contributed by atoms with Crippen molar-refractivity contribution in [2.75, 3.05) is 5.32 Å². The number of terminal acetylenes is 1. The Morgan fingerprint density at radius 2 is 1.65 bits per heavy atom. The fourth-order valence-corrected chi connectivity index (χ4v) is 7.86. The average molecular weight is 568 g/mol. The topological polar surface area (TPSA) is 12.0 Å². The quantitative estimate of drug-likeness (QED) is 0.227. The van der Waals surface area contributed by atoms with Crippen LogP contribution in [0.4, 0.5) is 5.69 Å². The van der Waals surface area contributed by atoms with E-state index in [1.165, 1.54) is 91.3 Å². The molecule has 3 aromatic carbocycles. The van der Waals surface area contributed by atoms with E-state index in [0.29, 0.717) is 29.7 Å². The van der Waals surface area contributed by atoms with E-state index in [2.05, 4.69) is 116 Å². The van der Waals surface area contributed by atoms with E-state index in [1.54, 1.807) is 0 Å². The lowest BCUT2D eigenvalue weighted by Crippen LogP contribution is -2.31. The minimum absolute atomic E-state index is 0.494. The number of hydrogen-bond acceptors (Lipinski definition) is 1. The van der Waals surface area contributed by atoms with Gasteiger partial charge in [-0.2, -0.15) is 0 Å². The molecule has 0 amide bonds. The molecule has 2 fully saturated rings. The lowest BCUT2D eigenvalue weighted by Gasteiger charge is -2.38. The van der Waals surface area contributed by atoms with Crippen molar-refractivity contribution in [3.8, 4) is 12.3 Å². The standard InChI is InChI=1S/C42H49N/c1-4-35-18-16-34(28-33-11-8-12-33)29-41(35)43-40-25-23-38(24-26-40)42(31(3)14-15-32-9-6-5-7-10-32)37-21-19-36(20-22-37)39-17-13-30(2)27-39/h1,5-7,9-10,13,16-22,27,29-31,33,38,40,42-43H,8,11-12,14-15,23-26,28H2,2-3H3. The van der Waals surface area contributed by atoms with Crippen LogP contribution in [0.25, 0.3) is 5.57 Å². The first-order valence-electron chi connectivity index (χ1n) is 17.0. The van der Waals surface area contributed by atoms with Crippen LogP contribution in [0.5, 0.6) is 0 Å². The summed E-state index contributed by atoms with van der Waals surface area (Å²) in [5.74, 6) is 6.25. The maximum atomic E-state index is 5.93. The summed E-state index contributed by atoms with van der Waals surface area (Å²) in [6.07, 6.45) is 25.5. The molecule has 3 aliphatic carbocycles. The van der Waals surface area contributed by atoms with Gasteiger partial charge in [-0.15, -0.1) is 6.42 Å². The summed E-state index contributed by atoms with van der Waals surface area (Å²) < 4.78 is 0. The maximum Gasteiger partial charge on any atom is 0.0504 e.